The molecule has 0 aliphatic carbocycles. The maximum absolute atomic E-state index is 12.4. The molecule has 1 aromatic heterocycles. The molecular formula is C22H23NO5S2. The van der Waals surface area contributed by atoms with Gasteiger partial charge in [0.2, 0.25) is 0 Å². The first-order valence-electron chi connectivity index (χ1n) is 9.61. The summed E-state index contributed by atoms with van der Waals surface area (Å²) in [5.74, 6) is 0.596. The third kappa shape index (κ3) is 4.68. The number of rotatable bonds is 6. The van der Waals surface area contributed by atoms with Gasteiger partial charge in [-0.2, -0.15) is 0 Å². The predicted octanol–water partition coefficient (Wildman–Crippen LogP) is 4.45. The van der Waals surface area contributed by atoms with Crippen LogP contribution in [-0.2, 0) is 25.6 Å². The van der Waals surface area contributed by atoms with Gasteiger partial charge in [-0.15, -0.1) is 0 Å². The summed E-state index contributed by atoms with van der Waals surface area (Å²) in [6.45, 7) is 5.01. The first-order chi connectivity index (χ1) is 14.3. The van der Waals surface area contributed by atoms with Crippen molar-refractivity contribution < 1.29 is 23.4 Å². The monoisotopic (exact) mass is 445 g/mol. The smallest absolute Gasteiger partial charge is 0.266 e. The summed E-state index contributed by atoms with van der Waals surface area (Å²) in [7, 11) is 1.67. The van der Waals surface area contributed by atoms with Crippen LogP contribution < -0.4 is 0 Å². The van der Waals surface area contributed by atoms with Crippen molar-refractivity contribution in [3.8, 4) is 11.3 Å². The Morgan fingerprint density at radius 3 is 2.73 bits per heavy atom. The number of carbonyl (C=O) groups excluding carboxylic acids is 1. The molecule has 1 atom stereocenters. The van der Waals surface area contributed by atoms with E-state index in [-0.39, 0.29) is 12.0 Å². The maximum Gasteiger partial charge on any atom is 0.266 e. The lowest BCUT2D eigenvalue weighted by atomic mass is 10.1. The van der Waals surface area contributed by atoms with Crippen molar-refractivity contribution in [2.24, 2.45) is 0 Å². The van der Waals surface area contributed by atoms with Crippen LogP contribution in [0.2, 0.25) is 0 Å². The minimum atomic E-state index is -0.579. The minimum absolute atomic E-state index is 0.111. The lowest BCUT2D eigenvalue weighted by molar-refractivity contribution is -0.145. The van der Waals surface area contributed by atoms with Crippen LogP contribution in [0.4, 0.5) is 0 Å². The molecule has 0 saturated carbocycles. The highest BCUT2D eigenvalue weighted by Crippen LogP contribution is 2.34. The average molecular weight is 446 g/mol. The van der Waals surface area contributed by atoms with Crippen LogP contribution in [0.25, 0.3) is 17.4 Å². The van der Waals surface area contributed by atoms with Crippen LogP contribution in [-0.4, -0.2) is 47.3 Å². The van der Waals surface area contributed by atoms with Crippen molar-refractivity contribution in [2.45, 2.75) is 32.3 Å². The molecule has 6 nitrogen and oxygen atoms in total. The molecule has 30 heavy (non-hydrogen) atoms. The predicted molar refractivity (Wildman–Crippen MR) is 120 cm³/mol. The summed E-state index contributed by atoms with van der Waals surface area (Å²) in [5, 5.41) is 0. The standard InChI is InChI=1S/C22H23NO5S2/c1-22(2)26-13-16(28-22)12-25-11-15-9-17(14-7-5-4-6-8-14)27-18(15)10-19-20(24)23(3)21(29)30-19/h4-10,16H,11-13H2,1-3H3/b19-10-. The van der Waals surface area contributed by atoms with Gasteiger partial charge in [-0.1, -0.05) is 54.3 Å². The molecule has 0 bridgehead atoms. The van der Waals surface area contributed by atoms with E-state index in [0.717, 1.165) is 11.1 Å². The molecule has 2 saturated heterocycles. The fourth-order valence-electron chi connectivity index (χ4n) is 3.23. The van der Waals surface area contributed by atoms with E-state index in [2.05, 4.69) is 0 Å². The van der Waals surface area contributed by atoms with Crippen molar-refractivity contribution in [1.29, 1.82) is 0 Å². The molecule has 2 aliphatic heterocycles. The third-order valence-electron chi connectivity index (χ3n) is 4.78. The Bertz CT molecular complexity index is 983. The zero-order valence-corrected chi connectivity index (χ0v) is 18.7. The van der Waals surface area contributed by atoms with Crippen molar-refractivity contribution in [3.05, 3.63) is 52.6 Å². The van der Waals surface area contributed by atoms with Gasteiger partial charge in [-0.3, -0.25) is 9.69 Å². The van der Waals surface area contributed by atoms with Gasteiger partial charge in [0, 0.05) is 24.3 Å². The SMILES string of the molecule is CN1C(=O)/C(=C/c2oc(-c3ccccc3)cc2COCC2COC(C)(C)O2)SC1=S. The number of thiocarbonyl (C=S) groups is 1. The van der Waals surface area contributed by atoms with Gasteiger partial charge in [0.1, 0.15) is 21.9 Å². The van der Waals surface area contributed by atoms with Gasteiger partial charge >= 0.3 is 0 Å². The van der Waals surface area contributed by atoms with Crippen LogP contribution in [0.1, 0.15) is 25.2 Å². The molecule has 158 valence electrons. The van der Waals surface area contributed by atoms with E-state index >= 15 is 0 Å². The number of nitrogens with zero attached hydrogens (tertiary/aromatic N) is 1. The normalized spacial score (nSPS) is 22.4. The summed E-state index contributed by atoms with van der Waals surface area (Å²) in [5.41, 5.74) is 1.81. The van der Waals surface area contributed by atoms with Crippen LogP contribution in [0, 0.1) is 0 Å². The quantitative estimate of drug-likeness (QED) is 0.481. The zero-order valence-electron chi connectivity index (χ0n) is 17.0. The molecule has 8 heteroatoms. The highest BCUT2D eigenvalue weighted by molar-refractivity contribution is 8.26. The Morgan fingerprint density at radius 1 is 1.33 bits per heavy atom. The first-order valence-corrected chi connectivity index (χ1v) is 10.8. The number of hydrogen-bond acceptors (Lipinski definition) is 7. The second kappa shape index (κ2) is 8.64. The number of benzene rings is 1. The Hall–Kier alpha value is -1.97. The summed E-state index contributed by atoms with van der Waals surface area (Å²) in [6.07, 6.45) is 1.63. The lowest BCUT2D eigenvalue weighted by Gasteiger charge is -2.17. The van der Waals surface area contributed by atoms with Gasteiger partial charge in [0.05, 0.1) is 24.7 Å². The largest absolute Gasteiger partial charge is 0.456 e. The van der Waals surface area contributed by atoms with Gasteiger partial charge in [-0.05, 0) is 19.9 Å². The molecule has 0 radical (unpaired) electrons. The maximum atomic E-state index is 12.4. The van der Waals surface area contributed by atoms with E-state index in [0.29, 0.717) is 40.6 Å². The fourth-order valence-corrected chi connectivity index (χ4v) is 4.38. The van der Waals surface area contributed by atoms with Crippen molar-refractivity contribution in [1.82, 2.24) is 4.90 Å². The molecule has 2 fully saturated rings. The first kappa shape index (κ1) is 21.3. The molecule has 1 unspecified atom stereocenters. The van der Waals surface area contributed by atoms with Crippen LogP contribution in [0.5, 0.6) is 0 Å². The van der Waals surface area contributed by atoms with Gasteiger partial charge < -0.3 is 18.6 Å². The summed E-state index contributed by atoms with van der Waals surface area (Å²) in [6, 6.07) is 11.8. The van der Waals surface area contributed by atoms with Gasteiger partial charge in [-0.25, -0.2) is 0 Å². The van der Waals surface area contributed by atoms with E-state index in [9.17, 15) is 4.79 Å². The fraction of sp³-hybridized carbons (Fsp3) is 0.364. The summed E-state index contributed by atoms with van der Waals surface area (Å²) < 4.78 is 23.9. The Morgan fingerprint density at radius 2 is 2.10 bits per heavy atom. The molecule has 2 aromatic rings. The number of likely N-dealkylation sites (N-methyl/N-ethyl adjacent to an activating group) is 1. The minimum Gasteiger partial charge on any atom is -0.456 e. The Labute approximate surface area is 185 Å². The highest BCUT2D eigenvalue weighted by atomic mass is 32.2. The summed E-state index contributed by atoms with van der Waals surface area (Å²) >= 11 is 6.49. The van der Waals surface area contributed by atoms with E-state index in [1.54, 1.807) is 13.1 Å². The van der Waals surface area contributed by atoms with E-state index in [1.807, 2.05) is 50.2 Å². The van der Waals surface area contributed by atoms with E-state index < -0.39 is 5.79 Å². The van der Waals surface area contributed by atoms with Gasteiger partial charge in [0.25, 0.3) is 5.91 Å². The molecule has 0 spiro atoms. The molecule has 4 rings (SSSR count). The molecule has 1 amide bonds. The molecular weight excluding hydrogens is 422 g/mol. The molecule has 2 aliphatic rings. The second-order valence-corrected chi connectivity index (χ2v) is 9.25. The third-order valence-corrected chi connectivity index (χ3v) is 6.26. The van der Waals surface area contributed by atoms with Crippen molar-refractivity contribution in [3.63, 3.8) is 0 Å². The molecule has 1 aromatic carbocycles. The highest BCUT2D eigenvalue weighted by Gasteiger charge is 2.33. The van der Waals surface area contributed by atoms with Crippen molar-refractivity contribution in [2.75, 3.05) is 20.3 Å². The number of carbonyl (C=O) groups is 1. The van der Waals surface area contributed by atoms with Crippen LogP contribution in [0.15, 0.2) is 45.7 Å². The lowest BCUT2D eigenvalue weighted by Crippen LogP contribution is -2.24. The van der Waals surface area contributed by atoms with Crippen molar-refractivity contribution >= 4 is 40.3 Å². The topological polar surface area (TPSA) is 61.1 Å². The van der Waals surface area contributed by atoms with E-state index in [1.165, 1.54) is 16.7 Å². The Balaban J connectivity index is 1.54. The average Bonchev–Trinajstić information content (AvgIpc) is 3.36. The Kier molecular flexibility index (Phi) is 6.13. The number of furan rings is 1. The molecule has 3 heterocycles. The number of amides is 1. The number of thioether (sulfide) groups is 1. The zero-order chi connectivity index (χ0) is 21.3. The summed E-state index contributed by atoms with van der Waals surface area (Å²) in [4.78, 5) is 14.4. The van der Waals surface area contributed by atoms with Gasteiger partial charge in [0.15, 0.2) is 5.79 Å². The number of hydrogen-bond donors (Lipinski definition) is 0. The van der Waals surface area contributed by atoms with E-state index in [4.69, 9.17) is 30.8 Å². The van der Waals surface area contributed by atoms with Crippen LogP contribution >= 0.6 is 24.0 Å². The molecule has 0 N–H and O–H groups in total. The second-order valence-electron chi connectivity index (χ2n) is 7.57. The van der Waals surface area contributed by atoms with Crippen LogP contribution in [0.3, 0.4) is 0 Å². The number of ether oxygens (including phenoxy) is 3.